The molecule has 9 nitrogen and oxygen atoms in total. The van der Waals surface area contributed by atoms with Crippen molar-refractivity contribution in [1.29, 1.82) is 0 Å². The van der Waals surface area contributed by atoms with E-state index >= 15 is 0 Å². The molecule has 0 aliphatic carbocycles. The molecule has 0 bridgehead atoms. The fourth-order valence-corrected chi connectivity index (χ4v) is 3.89. The molecule has 10 heteroatoms. The van der Waals surface area contributed by atoms with Crippen LogP contribution < -0.4 is 30.5 Å². The first kappa shape index (κ1) is 27.2. The largest absolute Gasteiger partial charge is 0.493 e. The molecule has 2 N–H and O–H groups in total. The lowest BCUT2D eigenvalue weighted by Crippen LogP contribution is -2.32. The molecule has 0 unspecified atom stereocenters. The van der Waals surface area contributed by atoms with E-state index in [9.17, 15) is 14.0 Å². The van der Waals surface area contributed by atoms with Crippen molar-refractivity contribution in [3.8, 4) is 17.2 Å². The van der Waals surface area contributed by atoms with E-state index in [1.54, 1.807) is 44.6 Å². The summed E-state index contributed by atoms with van der Waals surface area (Å²) in [5, 5.41) is 7.53. The van der Waals surface area contributed by atoms with Gasteiger partial charge in [0.25, 0.3) is 11.8 Å². The van der Waals surface area contributed by atoms with E-state index in [2.05, 4.69) is 15.8 Å². The minimum Gasteiger partial charge on any atom is -0.493 e. The van der Waals surface area contributed by atoms with E-state index in [0.29, 0.717) is 47.8 Å². The molecule has 202 valence electrons. The van der Waals surface area contributed by atoms with Gasteiger partial charge >= 0.3 is 0 Å². The van der Waals surface area contributed by atoms with E-state index < -0.39 is 17.6 Å². The van der Waals surface area contributed by atoms with Gasteiger partial charge in [0.1, 0.15) is 11.4 Å². The molecule has 39 heavy (non-hydrogen) atoms. The number of amides is 2. The number of hydrogen-bond donors (Lipinski definition) is 2. The van der Waals surface area contributed by atoms with Crippen LogP contribution in [0.1, 0.15) is 33.2 Å². The van der Waals surface area contributed by atoms with Crippen LogP contribution in [-0.2, 0) is 6.42 Å². The number of fused-ring (bicyclic) bond motifs is 1. The maximum atomic E-state index is 13.6. The van der Waals surface area contributed by atoms with Crippen molar-refractivity contribution in [2.24, 2.45) is 5.10 Å². The van der Waals surface area contributed by atoms with Crippen LogP contribution in [-0.4, -0.2) is 39.2 Å². The van der Waals surface area contributed by atoms with Gasteiger partial charge < -0.3 is 23.9 Å². The molecule has 3 aromatic carbocycles. The van der Waals surface area contributed by atoms with Crippen molar-refractivity contribution in [2.45, 2.75) is 13.3 Å². The molecule has 0 radical (unpaired) electrons. The number of nitrogens with one attached hydrogen (secondary N) is 2. The SMILES string of the molecule is CCOc1cccc2cc(C(=O)NCCc3ccc(OC)c(OC)c3)/c(=N/NC(=O)c3cccc(F)c3)oc12. The van der Waals surface area contributed by atoms with Crippen LogP contribution in [0.3, 0.4) is 0 Å². The highest BCUT2D eigenvalue weighted by atomic mass is 19.1. The fraction of sp³-hybridized carbons (Fsp3) is 0.207. The van der Waals surface area contributed by atoms with Gasteiger partial charge in [-0.05, 0) is 61.4 Å². The second-order valence-corrected chi connectivity index (χ2v) is 8.33. The molecule has 0 fully saturated rings. The number of rotatable bonds is 10. The van der Waals surface area contributed by atoms with E-state index in [4.69, 9.17) is 18.6 Å². The van der Waals surface area contributed by atoms with Gasteiger partial charge in [-0.15, -0.1) is 5.10 Å². The Morgan fingerprint density at radius 2 is 1.72 bits per heavy atom. The summed E-state index contributed by atoms with van der Waals surface area (Å²) in [6.07, 6.45) is 0.522. The molecular weight excluding hydrogens is 505 g/mol. The van der Waals surface area contributed by atoms with E-state index in [1.165, 1.54) is 18.2 Å². The third kappa shape index (κ3) is 6.53. The number of ether oxygens (including phenoxy) is 3. The zero-order chi connectivity index (χ0) is 27.8. The zero-order valence-electron chi connectivity index (χ0n) is 21.7. The number of benzene rings is 3. The topological polar surface area (TPSA) is 111 Å². The molecule has 0 aliphatic heterocycles. The highest BCUT2D eigenvalue weighted by Crippen LogP contribution is 2.28. The van der Waals surface area contributed by atoms with Crippen LogP contribution in [0.15, 0.2) is 76.2 Å². The predicted molar refractivity (Wildman–Crippen MR) is 142 cm³/mol. The maximum Gasteiger partial charge on any atom is 0.271 e. The molecule has 0 saturated carbocycles. The Balaban J connectivity index is 1.61. The number of methoxy groups -OCH3 is 2. The molecule has 1 aromatic heterocycles. The summed E-state index contributed by atoms with van der Waals surface area (Å²) in [5.41, 5.74) is 3.66. The lowest BCUT2D eigenvalue weighted by Gasteiger charge is -2.11. The van der Waals surface area contributed by atoms with Crippen molar-refractivity contribution in [2.75, 3.05) is 27.4 Å². The summed E-state index contributed by atoms with van der Waals surface area (Å²) in [7, 11) is 3.12. The smallest absolute Gasteiger partial charge is 0.271 e. The average molecular weight is 534 g/mol. The molecule has 0 aliphatic rings. The minimum absolute atomic E-state index is 0.0652. The highest BCUT2D eigenvalue weighted by molar-refractivity contribution is 5.97. The molecule has 0 atom stereocenters. The monoisotopic (exact) mass is 533 g/mol. The first-order valence-corrected chi connectivity index (χ1v) is 12.2. The summed E-state index contributed by atoms with van der Waals surface area (Å²) < 4.78 is 35.8. The van der Waals surface area contributed by atoms with Crippen LogP contribution in [0.4, 0.5) is 4.39 Å². The Morgan fingerprint density at radius 1 is 0.923 bits per heavy atom. The predicted octanol–water partition coefficient (Wildman–Crippen LogP) is 4.21. The van der Waals surface area contributed by atoms with Gasteiger partial charge in [0.15, 0.2) is 22.8 Å². The molecule has 4 rings (SSSR count). The van der Waals surface area contributed by atoms with Crippen LogP contribution in [0, 0.1) is 5.82 Å². The Kier molecular flexibility index (Phi) is 8.78. The summed E-state index contributed by atoms with van der Waals surface area (Å²) in [4.78, 5) is 25.8. The first-order chi connectivity index (χ1) is 18.9. The second kappa shape index (κ2) is 12.6. The lowest BCUT2D eigenvalue weighted by molar-refractivity contribution is 0.0934. The molecule has 1 heterocycles. The molecule has 0 spiro atoms. The molecule has 4 aromatic rings. The molecule has 2 amide bonds. The van der Waals surface area contributed by atoms with Gasteiger partial charge in [0.05, 0.1) is 20.8 Å². The minimum atomic E-state index is -0.664. The van der Waals surface area contributed by atoms with Gasteiger partial charge in [0.2, 0.25) is 5.55 Å². The Hall–Kier alpha value is -4.86. The highest BCUT2D eigenvalue weighted by Gasteiger charge is 2.16. The van der Waals surface area contributed by atoms with Gasteiger partial charge in [-0.1, -0.05) is 24.3 Å². The van der Waals surface area contributed by atoms with E-state index in [-0.39, 0.29) is 16.7 Å². The summed E-state index contributed by atoms with van der Waals surface area (Å²) in [6.45, 7) is 2.54. The zero-order valence-corrected chi connectivity index (χ0v) is 21.7. The van der Waals surface area contributed by atoms with Crippen LogP contribution in [0.2, 0.25) is 0 Å². The van der Waals surface area contributed by atoms with Crippen molar-refractivity contribution in [3.05, 3.63) is 94.8 Å². The first-order valence-electron chi connectivity index (χ1n) is 12.2. The maximum absolute atomic E-state index is 13.6. The van der Waals surface area contributed by atoms with Gasteiger partial charge in [-0.2, -0.15) is 0 Å². The summed E-state index contributed by atoms with van der Waals surface area (Å²) in [6, 6.07) is 17.6. The molecule has 0 saturated heterocycles. The normalized spacial score (nSPS) is 11.2. The third-order valence-corrected chi connectivity index (χ3v) is 5.78. The van der Waals surface area contributed by atoms with Crippen molar-refractivity contribution in [1.82, 2.24) is 10.7 Å². The standard InChI is InChI=1S/C29H28FN3O6/c1-4-38-24-10-6-7-19-17-22(28(35)31-14-13-18-11-12-23(36-2)25(15-18)37-3)29(39-26(19)24)33-32-27(34)20-8-5-9-21(30)16-20/h5-12,15-17H,4,13-14H2,1-3H3,(H,31,35)(H,32,34)/b33-29-. The number of halogens is 1. The number of hydrogen-bond acceptors (Lipinski definition) is 7. The van der Waals surface area contributed by atoms with E-state index in [0.717, 1.165) is 11.6 Å². The lowest BCUT2D eigenvalue weighted by atomic mass is 10.1. The van der Waals surface area contributed by atoms with E-state index in [1.807, 2.05) is 19.1 Å². The van der Waals surface area contributed by atoms with Crippen molar-refractivity contribution in [3.63, 3.8) is 0 Å². The Morgan fingerprint density at radius 3 is 2.46 bits per heavy atom. The number of carbonyl (C=O) groups excluding carboxylic acids is 2. The Labute approximate surface area is 224 Å². The quantitative estimate of drug-likeness (QED) is 0.296. The third-order valence-electron chi connectivity index (χ3n) is 5.78. The average Bonchev–Trinajstić information content (AvgIpc) is 2.95. The molecular formula is C29H28FN3O6. The fourth-order valence-electron chi connectivity index (χ4n) is 3.89. The van der Waals surface area contributed by atoms with Gasteiger partial charge in [-0.3, -0.25) is 9.59 Å². The van der Waals surface area contributed by atoms with Crippen LogP contribution >= 0.6 is 0 Å². The Bertz CT molecular complexity index is 1570. The summed E-state index contributed by atoms with van der Waals surface area (Å²) >= 11 is 0. The van der Waals surface area contributed by atoms with Crippen LogP contribution in [0.25, 0.3) is 11.0 Å². The van der Waals surface area contributed by atoms with Crippen molar-refractivity contribution < 1.29 is 32.6 Å². The number of para-hydroxylation sites is 1. The van der Waals surface area contributed by atoms with Crippen LogP contribution in [0.5, 0.6) is 17.2 Å². The summed E-state index contributed by atoms with van der Waals surface area (Å²) in [5.74, 6) is -0.0161. The van der Waals surface area contributed by atoms with Crippen molar-refractivity contribution >= 4 is 22.8 Å². The second-order valence-electron chi connectivity index (χ2n) is 8.33. The number of carbonyl (C=O) groups is 2. The van der Waals surface area contributed by atoms with Gasteiger partial charge in [-0.25, -0.2) is 9.82 Å². The number of nitrogens with zero attached hydrogens (tertiary/aromatic N) is 1. The van der Waals surface area contributed by atoms with Gasteiger partial charge in [0, 0.05) is 17.5 Å².